The molecule has 0 fully saturated rings. The number of hydrogen-bond donors (Lipinski definition) is 1. The van der Waals surface area contributed by atoms with Crippen LogP contribution >= 0.6 is 0 Å². The number of hydrazone groups is 1. The molecular weight excluding hydrogens is 284 g/mol. The molecule has 0 amide bonds. The number of rotatable bonds is 4. The molecule has 0 saturated carbocycles. The van der Waals surface area contributed by atoms with Crippen LogP contribution in [0.15, 0.2) is 52.5 Å². The molecule has 110 valence electrons. The molecule has 0 aliphatic rings. The van der Waals surface area contributed by atoms with Crippen LogP contribution in [0, 0.1) is 20.8 Å². The van der Waals surface area contributed by atoms with Crippen LogP contribution in [0.5, 0.6) is 0 Å². The Bertz CT molecular complexity index is 766. The van der Waals surface area contributed by atoms with Gasteiger partial charge in [-0.2, -0.15) is 13.5 Å². The van der Waals surface area contributed by atoms with Gasteiger partial charge in [0.1, 0.15) is 0 Å². The minimum absolute atomic E-state index is 0.193. The summed E-state index contributed by atoms with van der Waals surface area (Å²) < 4.78 is 24.0. The Hall–Kier alpha value is -2.14. The third kappa shape index (κ3) is 3.49. The summed E-state index contributed by atoms with van der Waals surface area (Å²) in [5.74, 6) is 0. The second kappa shape index (κ2) is 6.10. The zero-order chi connectivity index (χ0) is 15.5. The Morgan fingerprint density at radius 1 is 0.952 bits per heavy atom. The molecule has 5 heteroatoms. The van der Waals surface area contributed by atoms with Gasteiger partial charge in [-0.3, -0.25) is 0 Å². The van der Waals surface area contributed by atoms with Gasteiger partial charge in [-0.15, -0.1) is 0 Å². The van der Waals surface area contributed by atoms with Crippen molar-refractivity contribution in [3.05, 3.63) is 64.7 Å². The van der Waals surface area contributed by atoms with E-state index in [4.69, 9.17) is 0 Å². The van der Waals surface area contributed by atoms with Crippen molar-refractivity contribution in [1.82, 2.24) is 4.83 Å². The first-order chi connectivity index (χ1) is 9.92. The second-order valence-electron chi connectivity index (χ2n) is 4.89. The molecule has 1 N–H and O–H groups in total. The largest absolute Gasteiger partial charge is 0.276 e. The highest BCUT2D eigenvalue weighted by atomic mass is 32.2. The van der Waals surface area contributed by atoms with Gasteiger partial charge in [-0.1, -0.05) is 30.3 Å². The van der Waals surface area contributed by atoms with Crippen LogP contribution < -0.4 is 4.83 Å². The SMILES string of the molecule is Cc1ccc(/C=N\NS(=O)(=O)c2ccccc2)c(C)c1C. The molecule has 2 aromatic carbocycles. The Labute approximate surface area is 125 Å². The third-order valence-electron chi connectivity index (χ3n) is 3.53. The van der Waals surface area contributed by atoms with Crippen LogP contribution in [0.25, 0.3) is 0 Å². The summed E-state index contributed by atoms with van der Waals surface area (Å²) in [6, 6.07) is 12.1. The summed E-state index contributed by atoms with van der Waals surface area (Å²) in [5.41, 5.74) is 4.38. The van der Waals surface area contributed by atoms with Gasteiger partial charge < -0.3 is 0 Å². The minimum Gasteiger partial charge on any atom is -0.200 e. The molecule has 0 aromatic heterocycles. The van der Waals surface area contributed by atoms with Crippen molar-refractivity contribution in [2.45, 2.75) is 25.7 Å². The molecule has 0 heterocycles. The molecule has 0 aliphatic carbocycles. The zero-order valence-electron chi connectivity index (χ0n) is 12.3. The van der Waals surface area contributed by atoms with Gasteiger partial charge in [0, 0.05) is 0 Å². The fourth-order valence-corrected chi connectivity index (χ4v) is 2.75. The van der Waals surface area contributed by atoms with Gasteiger partial charge in [0.05, 0.1) is 11.1 Å². The fraction of sp³-hybridized carbons (Fsp3) is 0.188. The van der Waals surface area contributed by atoms with Gasteiger partial charge in [0.25, 0.3) is 10.0 Å². The van der Waals surface area contributed by atoms with E-state index in [-0.39, 0.29) is 4.90 Å². The average Bonchev–Trinajstić information content (AvgIpc) is 2.48. The molecule has 0 spiro atoms. The first kappa shape index (κ1) is 15.3. The molecule has 0 saturated heterocycles. The molecule has 2 rings (SSSR count). The monoisotopic (exact) mass is 302 g/mol. The predicted octanol–water partition coefficient (Wildman–Crippen LogP) is 2.92. The van der Waals surface area contributed by atoms with Crippen molar-refractivity contribution in [2.24, 2.45) is 5.10 Å². The van der Waals surface area contributed by atoms with Gasteiger partial charge in [-0.05, 0) is 55.2 Å². The van der Waals surface area contributed by atoms with E-state index in [1.807, 2.05) is 32.9 Å². The van der Waals surface area contributed by atoms with E-state index in [2.05, 4.69) is 9.93 Å². The van der Waals surface area contributed by atoms with E-state index < -0.39 is 10.0 Å². The summed E-state index contributed by atoms with van der Waals surface area (Å²) in [5, 5.41) is 3.86. The number of aryl methyl sites for hydroxylation is 1. The maximum atomic E-state index is 12.0. The molecule has 4 nitrogen and oxygen atoms in total. The summed E-state index contributed by atoms with van der Waals surface area (Å²) in [6.07, 6.45) is 1.53. The van der Waals surface area contributed by atoms with E-state index >= 15 is 0 Å². The van der Waals surface area contributed by atoms with Crippen molar-refractivity contribution < 1.29 is 8.42 Å². The van der Waals surface area contributed by atoms with Crippen LogP contribution in [0.2, 0.25) is 0 Å². The topological polar surface area (TPSA) is 58.5 Å². The lowest BCUT2D eigenvalue weighted by molar-refractivity contribution is 0.584. The fourth-order valence-electron chi connectivity index (χ4n) is 1.93. The van der Waals surface area contributed by atoms with E-state index in [1.54, 1.807) is 18.2 Å². The van der Waals surface area contributed by atoms with Crippen LogP contribution in [-0.2, 0) is 10.0 Å². The standard InChI is InChI=1S/C16H18N2O2S/c1-12-9-10-15(14(3)13(12)2)11-17-18-21(19,20)16-7-5-4-6-8-16/h4-11,18H,1-3H3/b17-11-. The summed E-state index contributed by atoms with van der Waals surface area (Å²) in [6.45, 7) is 6.08. The van der Waals surface area contributed by atoms with Crippen molar-refractivity contribution in [1.29, 1.82) is 0 Å². The molecule has 0 aliphatic heterocycles. The van der Waals surface area contributed by atoms with Gasteiger partial charge in [-0.25, -0.2) is 4.83 Å². The second-order valence-corrected chi connectivity index (χ2v) is 6.55. The Morgan fingerprint density at radius 3 is 2.29 bits per heavy atom. The highest BCUT2D eigenvalue weighted by Crippen LogP contribution is 2.15. The lowest BCUT2D eigenvalue weighted by Crippen LogP contribution is -2.18. The number of benzene rings is 2. The Morgan fingerprint density at radius 2 is 1.62 bits per heavy atom. The lowest BCUT2D eigenvalue weighted by atomic mass is 10.00. The van der Waals surface area contributed by atoms with Gasteiger partial charge in [0.2, 0.25) is 0 Å². The zero-order valence-corrected chi connectivity index (χ0v) is 13.1. The van der Waals surface area contributed by atoms with Crippen molar-refractivity contribution in [3.63, 3.8) is 0 Å². The van der Waals surface area contributed by atoms with Crippen LogP contribution in [-0.4, -0.2) is 14.6 Å². The predicted molar refractivity (Wildman–Crippen MR) is 85.0 cm³/mol. The third-order valence-corrected chi connectivity index (χ3v) is 4.77. The lowest BCUT2D eigenvalue weighted by Gasteiger charge is -2.07. The number of nitrogens with zero attached hydrogens (tertiary/aromatic N) is 1. The molecule has 21 heavy (non-hydrogen) atoms. The van der Waals surface area contributed by atoms with Crippen molar-refractivity contribution >= 4 is 16.2 Å². The normalized spacial score (nSPS) is 11.8. The van der Waals surface area contributed by atoms with Crippen LogP contribution in [0.1, 0.15) is 22.3 Å². The quantitative estimate of drug-likeness (QED) is 0.697. The molecule has 0 bridgehead atoms. The number of hydrogen-bond acceptors (Lipinski definition) is 3. The molecule has 0 unspecified atom stereocenters. The smallest absolute Gasteiger partial charge is 0.200 e. The van der Waals surface area contributed by atoms with Crippen molar-refractivity contribution in [3.8, 4) is 0 Å². The number of nitrogens with one attached hydrogen (secondary N) is 1. The highest BCUT2D eigenvalue weighted by Gasteiger charge is 2.11. The molecule has 0 radical (unpaired) electrons. The summed E-state index contributed by atoms with van der Waals surface area (Å²) >= 11 is 0. The summed E-state index contributed by atoms with van der Waals surface area (Å²) in [4.78, 5) is 2.42. The minimum atomic E-state index is -3.61. The Kier molecular flexibility index (Phi) is 4.43. The summed E-state index contributed by atoms with van der Waals surface area (Å²) in [7, 11) is -3.61. The number of sulfonamides is 1. The van der Waals surface area contributed by atoms with Gasteiger partial charge in [0.15, 0.2) is 0 Å². The highest BCUT2D eigenvalue weighted by molar-refractivity contribution is 7.89. The van der Waals surface area contributed by atoms with E-state index in [0.29, 0.717) is 0 Å². The first-order valence-corrected chi connectivity index (χ1v) is 8.07. The molecular formula is C16H18N2O2S. The Balaban J connectivity index is 2.19. The van der Waals surface area contributed by atoms with Crippen LogP contribution in [0.4, 0.5) is 0 Å². The van der Waals surface area contributed by atoms with E-state index in [0.717, 1.165) is 11.1 Å². The first-order valence-electron chi connectivity index (χ1n) is 6.58. The average molecular weight is 302 g/mol. The maximum absolute atomic E-state index is 12.0. The molecule has 2 aromatic rings. The van der Waals surface area contributed by atoms with Gasteiger partial charge >= 0.3 is 0 Å². The molecule has 0 atom stereocenters. The van der Waals surface area contributed by atoms with E-state index in [9.17, 15) is 8.42 Å². The maximum Gasteiger partial charge on any atom is 0.276 e. The van der Waals surface area contributed by atoms with E-state index in [1.165, 1.54) is 29.5 Å². The van der Waals surface area contributed by atoms with Crippen molar-refractivity contribution in [2.75, 3.05) is 0 Å². The van der Waals surface area contributed by atoms with Crippen LogP contribution in [0.3, 0.4) is 0 Å².